The van der Waals surface area contributed by atoms with Gasteiger partial charge in [-0.2, -0.15) is 0 Å². The zero-order valence-corrected chi connectivity index (χ0v) is 10.2. The highest BCUT2D eigenvalue weighted by atomic mass is 16.5. The van der Waals surface area contributed by atoms with Crippen molar-refractivity contribution in [2.75, 3.05) is 0 Å². The summed E-state index contributed by atoms with van der Waals surface area (Å²) < 4.78 is 4.96. The van der Waals surface area contributed by atoms with E-state index in [-0.39, 0.29) is 11.9 Å². The second kappa shape index (κ2) is 4.87. The Hall–Kier alpha value is -1.36. The van der Waals surface area contributed by atoms with Gasteiger partial charge < -0.3 is 14.9 Å². The van der Waals surface area contributed by atoms with E-state index in [4.69, 9.17) is 4.52 Å². The van der Waals surface area contributed by atoms with E-state index in [1.165, 1.54) is 0 Å². The van der Waals surface area contributed by atoms with E-state index in [9.17, 15) is 9.90 Å². The van der Waals surface area contributed by atoms with Crippen molar-refractivity contribution >= 4 is 5.91 Å². The highest BCUT2D eigenvalue weighted by molar-refractivity contribution is 5.96. The molecule has 0 bridgehead atoms. The van der Waals surface area contributed by atoms with Gasteiger partial charge in [0.1, 0.15) is 11.3 Å². The van der Waals surface area contributed by atoms with E-state index in [2.05, 4.69) is 10.5 Å². The van der Waals surface area contributed by atoms with Crippen molar-refractivity contribution in [1.82, 2.24) is 10.5 Å². The molecule has 0 unspecified atom stereocenters. The Balaban J connectivity index is 2.06. The van der Waals surface area contributed by atoms with Gasteiger partial charge >= 0.3 is 0 Å². The van der Waals surface area contributed by atoms with Crippen LogP contribution in [0.5, 0.6) is 0 Å². The molecule has 1 aliphatic rings. The number of rotatable bonds is 2. The molecule has 1 heterocycles. The molecular formula is C12H18N2O3. The first kappa shape index (κ1) is 12.1. The van der Waals surface area contributed by atoms with Crippen LogP contribution in [0.25, 0.3) is 0 Å². The summed E-state index contributed by atoms with van der Waals surface area (Å²) in [6, 6.07) is -0.148. The summed E-state index contributed by atoms with van der Waals surface area (Å²) in [5.41, 5.74) is 1.08. The SMILES string of the molecule is Cc1noc(C)c1C(=O)N[C@@H]1CCCC[C@H]1O. The lowest BCUT2D eigenvalue weighted by Crippen LogP contribution is -2.45. The van der Waals surface area contributed by atoms with E-state index in [1.54, 1.807) is 13.8 Å². The first-order chi connectivity index (χ1) is 8.09. The van der Waals surface area contributed by atoms with Crippen LogP contribution in [0.15, 0.2) is 4.52 Å². The summed E-state index contributed by atoms with van der Waals surface area (Å²) in [4.78, 5) is 12.0. The summed E-state index contributed by atoms with van der Waals surface area (Å²) >= 11 is 0. The van der Waals surface area contributed by atoms with E-state index in [0.29, 0.717) is 17.0 Å². The number of aromatic nitrogens is 1. The minimum absolute atomic E-state index is 0.148. The number of amides is 1. The number of aryl methyl sites for hydroxylation is 2. The van der Waals surface area contributed by atoms with Gasteiger partial charge in [-0.25, -0.2) is 0 Å². The predicted octanol–water partition coefficient (Wildman–Crippen LogP) is 1.32. The van der Waals surface area contributed by atoms with Crippen LogP contribution in [0, 0.1) is 13.8 Å². The van der Waals surface area contributed by atoms with Crippen molar-refractivity contribution in [2.45, 2.75) is 51.7 Å². The van der Waals surface area contributed by atoms with Gasteiger partial charge in [0.15, 0.2) is 0 Å². The molecular weight excluding hydrogens is 220 g/mol. The quantitative estimate of drug-likeness (QED) is 0.815. The van der Waals surface area contributed by atoms with Gasteiger partial charge in [0.05, 0.1) is 17.8 Å². The molecule has 0 spiro atoms. The maximum Gasteiger partial charge on any atom is 0.257 e. The lowest BCUT2D eigenvalue weighted by atomic mass is 9.92. The number of aliphatic hydroxyl groups is 1. The molecule has 1 aliphatic carbocycles. The van der Waals surface area contributed by atoms with E-state index < -0.39 is 6.10 Å². The molecule has 0 saturated heterocycles. The number of aliphatic hydroxyl groups excluding tert-OH is 1. The highest BCUT2D eigenvalue weighted by Gasteiger charge is 2.27. The maximum atomic E-state index is 12.0. The molecule has 1 amide bonds. The molecule has 0 aromatic carbocycles. The molecule has 1 fully saturated rings. The van der Waals surface area contributed by atoms with E-state index in [1.807, 2.05) is 0 Å². The molecule has 0 aliphatic heterocycles. The van der Waals surface area contributed by atoms with Crippen molar-refractivity contribution in [3.63, 3.8) is 0 Å². The smallest absolute Gasteiger partial charge is 0.257 e. The summed E-state index contributed by atoms with van der Waals surface area (Å²) in [5, 5.41) is 16.4. The zero-order chi connectivity index (χ0) is 12.4. The van der Waals surface area contributed by atoms with Crippen LogP contribution < -0.4 is 5.32 Å². The molecule has 2 N–H and O–H groups in total. The Kier molecular flexibility index (Phi) is 3.47. The average molecular weight is 238 g/mol. The largest absolute Gasteiger partial charge is 0.391 e. The van der Waals surface area contributed by atoms with Crippen molar-refractivity contribution in [3.8, 4) is 0 Å². The summed E-state index contributed by atoms with van der Waals surface area (Å²) in [6.07, 6.45) is 3.22. The van der Waals surface area contributed by atoms with E-state index >= 15 is 0 Å². The van der Waals surface area contributed by atoms with Crippen LogP contribution in [0.3, 0.4) is 0 Å². The standard InChI is InChI=1S/C12H18N2O3/c1-7-11(8(2)17-14-7)12(16)13-9-5-3-4-6-10(9)15/h9-10,15H,3-6H2,1-2H3,(H,13,16)/t9-,10-/m1/s1. The molecule has 1 saturated carbocycles. The molecule has 5 nitrogen and oxygen atoms in total. The van der Waals surface area contributed by atoms with Gasteiger partial charge in [-0.3, -0.25) is 4.79 Å². The van der Waals surface area contributed by atoms with Gasteiger partial charge in [0.25, 0.3) is 5.91 Å². The van der Waals surface area contributed by atoms with Crippen LogP contribution in [-0.2, 0) is 0 Å². The number of carbonyl (C=O) groups is 1. The second-order valence-corrected chi connectivity index (χ2v) is 4.63. The summed E-state index contributed by atoms with van der Waals surface area (Å²) in [5.74, 6) is 0.317. The van der Waals surface area contributed by atoms with Gasteiger partial charge in [-0.15, -0.1) is 0 Å². The number of hydrogen-bond donors (Lipinski definition) is 2. The summed E-state index contributed by atoms with van der Waals surface area (Å²) in [7, 11) is 0. The lowest BCUT2D eigenvalue weighted by Gasteiger charge is -2.28. The molecule has 5 heteroatoms. The third-order valence-corrected chi connectivity index (χ3v) is 3.31. The van der Waals surface area contributed by atoms with Crippen LogP contribution in [-0.4, -0.2) is 28.3 Å². The fraction of sp³-hybridized carbons (Fsp3) is 0.667. The van der Waals surface area contributed by atoms with Crippen molar-refractivity contribution < 1.29 is 14.4 Å². The first-order valence-corrected chi connectivity index (χ1v) is 6.01. The maximum absolute atomic E-state index is 12.0. The molecule has 94 valence electrons. The Labute approximate surface area is 100 Å². The molecule has 2 rings (SSSR count). The van der Waals surface area contributed by atoms with Gasteiger partial charge in [0, 0.05) is 0 Å². The van der Waals surface area contributed by atoms with Crippen LogP contribution in [0.1, 0.15) is 47.5 Å². The lowest BCUT2D eigenvalue weighted by molar-refractivity contribution is 0.0716. The molecule has 2 atom stereocenters. The Morgan fingerprint density at radius 1 is 1.41 bits per heavy atom. The minimum atomic E-state index is -0.437. The molecule has 1 aromatic heterocycles. The Morgan fingerprint density at radius 2 is 2.12 bits per heavy atom. The predicted molar refractivity (Wildman–Crippen MR) is 61.7 cm³/mol. The minimum Gasteiger partial charge on any atom is -0.391 e. The Morgan fingerprint density at radius 3 is 2.71 bits per heavy atom. The zero-order valence-electron chi connectivity index (χ0n) is 10.2. The second-order valence-electron chi connectivity index (χ2n) is 4.63. The third-order valence-electron chi connectivity index (χ3n) is 3.31. The third kappa shape index (κ3) is 2.49. The van der Waals surface area contributed by atoms with Crippen molar-refractivity contribution in [1.29, 1.82) is 0 Å². The number of nitrogens with one attached hydrogen (secondary N) is 1. The van der Waals surface area contributed by atoms with Gasteiger partial charge in [0.2, 0.25) is 0 Å². The van der Waals surface area contributed by atoms with Gasteiger partial charge in [-0.1, -0.05) is 18.0 Å². The normalized spacial score (nSPS) is 24.6. The monoisotopic (exact) mass is 238 g/mol. The molecule has 0 radical (unpaired) electrons. The van der Waals surface area contributed by atoms with Crippen LogP contribution in [0.4, 0.5) is 0 Å². The van der Waals surface area contributed by atoms with Crippen molar-refractivity contribution in [2.24, 2.45) is 0 Å². The average Bonchev–Trinajstić information content (AvgIpc) is 2.62. The Bertz CT molecular complexity index is 394. The number of hydrogen-bond acceptors (Lipinski definition) is 4. The highest BCUT2D eigenvalue weighted by Crippen LogP contribution is 2.19. The van der Waals surface area contributed by atoms with Gasteiger partial charge in [-0.05, 0) is 26.7 Å². The fourth-order valence-electron chi connectivity index (χ4n) is 2.33. The summed E-state index contributed by atoms with van der Waals surface area (Å²) in [6.45, 7) is 3.45. The van der Waals surface area contributed by atoms with Crippen LogP contribution in [0.2, 0.25) is 0 Å². The number of nitrogens with zero attached hydrogens (tertiary/aromatic N) is 1. The number of carbonyl (C=O) groups excluding carboxylic acids is 1. The van der Waals surface area contributed by atoms with Crippen LogP contribution >= 0.6 is 0 Å². The first-order valence-electron chi connectivity index (χ1n) is 6.01. The van der Waals surface area contributed by atoms with Crippen molar-refractivity contribution in [3.05, 3.63) is 17.0 Å². The molecule has 17 heavy (non-hydrogen) atoms. The topological polar surface area (TPSA) is 75.4 Å². The van der Waals surface area contributed by atoms with E-state index in [0.717, 1.165) is 25.7 Å². The molecule has 1 aromatic rings. The fourth-order valence-corrected chi connectivity index (χ4v) is 2.33.